The Labute approximate surface area is 133 Å². The highest BCUT2D eigenvalue weighted by Crippen LogP contribution is 2.34. The van der Waals surface area contributed by atoms with Crippen LogP contribution in [0.1, 0.15) is 13.3 Å². The molecule has 2 amide bonds. The topological polar surface area (TPSA) is 138 Å². The van der Waals surface area contributed by atoms with Crippen molar-refractivity contribution >= 4 is 14.3 Å². The number of carbonyl (C=O) groups excluding carboxylic acids is 1. The van der Waals surface area contributed by atoms with E-state index < -0.39 is 51.7 Å². The highest BCUT2D eigenvalue weighted by Gasteiger charge is 2.50. The number of rotatable bonds is 7. The van der Waals surface area contributed by atoms with E-state index in [0.717, 1.165) is 4.90 Å². The van der Waals surface area contributed by atoms with Crippen LogP contribution in [0.4, 0.5) is 4.79 Å². The zero-order valence-electron chi connectivity index (χ0n) is 12.5. The summed E-state index contributed by atoms with van der Waals surface area (Å²) in [5.41, 5.74) is 0. The molecular weight excluding hydrogens is 331 g/mol. The summed E-state index contributed by atoms with van der Waals surface area (Å²) < 4.78 is 27.2. The van der Waals surface area contributed by atoms with Gasteiger partial charge in [-0.2, -0.15) is 0 Å². The third-order valence-corrected chi connectivity index (χ3v) is 3.90. The lowest BCUT2D eigenvalue weighted by molar-refractivity contribution is -0.0848. The Bertz CT molecular complexity index is 476. The van der Waals surface area contributed by atoms with Crippen LogP contribution in [0.2, 0.25) is 0 Å². The zero-order chi connectivity index (χ0) is 17.0. The molecule has 0 spiro atoms. The first-order chi connectivity index (χ1) is 11.0. The molecule has 0 aromatic carbocycles. The van der Waals surface area contributed by atoms with Crippen LogP contribution in [0, 0.1) is 0 Å². The number of nitrogens with one attached hydrogen (secondary N) is 1. The SMILES string of the molecule is CCCOC1C(O[PH](=O)O)[C@@H](CO)O[C@H]1N1C=CC(O)NC1=O. The van der Waals surface area contributed by atoms with E-state index in [9.17, 15) is 19.6 Å². The summed E-state index contributed by atoms with van der Waals surface area (Å²) in [6.45, 7) is 1.73. The number of nitrogens with zero attached hydrogens (tertiary/aromatic N) is 1. The Hall–Kier alpha value is -1.00. The second kappa shape index (κ2) is 8.20. The first-order valence-electron chi connectivity index (χ1n) is 7.20. The van der Waals surface area contributed by atoms with Crippen LogP contribution in [0.3, 0.4) is 0 Å². The van der Waals surface area contributed by atoms with E-state index in [2.05, 4.69) is 5.32 Å². The molecule has 2 heterocycles. The van der Waals surface area contributed by atoms with E-state index in [1.807, 2.05) is 6.92 Å². The van der Waals surface area contributed by atoms with Gasteiger partial charge in [-0.15, -0.1) is 0 Å². The minimum absolute atomic E-state index is 0.316. The molecule has 0 aromatic heterocycles. The predicted octanol–water partition coefficient (Wildman–Crippen LogP) is -0.877. The lowest BCUT2D eigenvalue weighted by atomic mass is 10.1. The lowest BCUT2D eigenvalue weighted by Crippen LogP contribution is -2.53. The Morgan fingerprint density at radius 1 is 1.48 bits per heavy atom. The Kier molecular flexibility index (Phi) is 6.54. The molecule has 4 unspecified atom stereocenters. The van der Waals surface area contributed by atoms with Gasteiger partial charge in [0.15, 0.2) is 6.23 Å². The van der Waals surface area contributed by atoms with Gasteiger partial charge in [-0.1, -0.05) is 6.92 Å². The van der Waals surface area contributed by atoms with E-state index in [4.69, 9.17) is 18.9 Å². The number of hydrogen-bond donors (Lipinski definition) is 4. The molecule has 0 aromatic rings. The Morgan fingerprint density at radius 3 is 2.78 bits per heavy atom. The molecule has 0 saturated carbocycles. The summed E-state index contributed by atoms with van der Waals surface area (Å²) in [5.74, 6) is 0. The number of hydrogen-bond acceptors (Lipinski definition) is 7. The molecule has 2 rings (SSSR count). The van der Waals surface area contributed by atoms with Gasteiger partial charge in [0.05, 0.1) is 6.61 Å². The summed E-state index contributed by atoms with van der Waals surface area (Å²) >= 11 is 0. The molecule has 1 fully saturated rings. The average Bonchev–Trinajstić information content (AvgIpc) is 2.82. The van der Waals surface area contributed by atoms with Crippen LogP contribution < -0.4 is 5.32 Å². The molecule has 2 aliphatic heterocycles. The van der Waals surface area contributed by atoms with E-state index in [1.54, 1.807) is 0 Å². The molecule has 132 valence electrons. The van der Waals surface area contributed by atoms with Crippen molar-refractivity contribution in [1.82, 2.24) is 10.2 Å². The standard InChI is InChI=1S/C12H21N2O8P/c1-2-5-20-10-9(22-23(18)19)7(6-15)21-11(10)14-4-3-8(16)13-12(14)17/h3-4,7-11,15-16,23H,2,5-6H2,1H3,(H,13,17)(H,18,19)/t7-,8?,9?,10?,11-/m1/s1. The molecule has 4 N–H and O–H groups in total. The zero-order valence-corrected chi connectivity index (χ0v) is 13.5. The van der Waals surface area contributed by atoms with Crippen molar-refractivity contribution in [2.45, 2.75) is 44.1 Å². The largest absolute Gasteiger partial charge is 0.394 e. The molecular formula is C12H21N2O8P. The smallest absolute Gasteiger partial charge is 0.325 e. The van der Waals surface area contributed by atoms with E-state index in [1.165, 1.54) is 12.3 Å². The minimum Gasteiger partial charge on any atom is -0.394 e. The number of carbonyl (C=O) groups is 1. The molecule has 23 heavy (non-hydrogen) atoms. The van der Waals surface area contributed by atoms with Crippen LogP contribution in [0.15, 0.2) is 12.3 Å². The monoisotopic (exact) mass is 352 g/mol. The molecule has 6 atom stereocenters. The van der Waals surface area contributed by atoms with Crippen LogP contribution in [-0.2, 0) is 18.6 Å². The quantitative estimate of drug-likeness (QED) is 0.434. The summed E-state index contributed by atoms with van der Waals surface area (Å²) in [6, 6.07) is -0.621. The molecule has 1 saturated heterocycles. The van der Waals surface area contributed by atoms with Gasteiger partial charge >= 0.3 is 14.3 Å². The lowest BCUT2D eigenvalue weighted by Gasteiger charge is -2.33. The van der Waals surface area contributed by atoms with Crippen molar-refractivity contribution < 1.29 is 38.5 Å². The highest BCUT2D eigenvalue weighted by molar-refractivity contribution is 7.32. The van der Waals surface area contributed by atoms with Crippen LogP contribution in [0.25, 0.3) is 0 Å². The van der Waals surface area contributed by atoms with Crippen LogP contribution in [-0.4, -0.2) is 70.0 Å². The maximum atomic E-state index is 12.0. The number of amides is 2. The summed E-state index contributed by atoms with van der Waals surface area (Å²) in [6.07, 6.45) is -1.52. The van der Waals surface area contributed by atoms with Gasteiger partial charge in [-0.05, 0) is 12.5 Å². The summed E-state index contributed by atoms with van der Waals surface area (Å²) in [7, 11) is -3.29. The first kappa shape index (κ1) is 18.3. The van der Waals surface area contributed by atoms with Gasteiger partial charge < -0.3 is 34.4 Å². The average molecular weight is 352 g/mol. The van der Waals surface area contributed by atoms with Crippen LogP contribution in [0.5, 0.6) is 0 Å². The summed E-state index contributed by atoms with van der Waals surface area (Å²) in [5, 5.41) is 21.1. The van der Waals surface area contributed by atoms with Crippen molar-refractivity contribution in [1.29, 1.82) is 0 Å². The van der Waals surface area contributed by atoms with Gasteiger partial charge in [0.2, 0.25) is 0 Å². The molecule has 2 aliphatic rings. The first-order valence-corrected chi connectivity index (χ1v) is 8.47. The fraction of sp³-hybridized carbons (Fsp3) is 0.750. The Balaban J connectivity index is 2.23. The van der Waals surface area contributed by atoms with Crippen molar-refractivity contribution in [3.63, 3.8) is 0 Å². The van der Waals surface area contributed by atoms with Gasteiger partial charge in [-0.3, -0.25) is 9.46 Å². The van der Waals surface area contributed by atoms with Gasteiger partial charge in [0.1, 0.15) is 24.5 Å². The van der Waals surface area contributed by atoms with E-state index in [-0.39, 0.29) is 0 Å². The molecule has 0 bridgehead atoms. The van der Waals surface area contributed by atoms with E-state index >= 15 is 0 Å². The maximum absolute atomic E-state index is 12.0. The molecule has 11 heteroatoms. The van der Waals surface area contributed by atoms with Crippen molar-refractivity contribution in [3.8, 4) is 0 Å². The fourth-order valence-corrected chi connectivity index (χ4v) is 2.98. The van der Waals surface area contributed by atoms with E-state index in [0.29, 0.717) is 13.0 Å². The highest BCUT2D eigenvalue weighted by atomic mass is 31.1. The summed E-state index contributed by atoms with van der Waals surface area (Å²) in [4.78, 5) is 22.2. The molecule has 0 aliphatic carbocycles. The van der Waals surface area contributed by atoms with Gasteiger partial charge in [0, 0.05) is 12.8 Å². The van der Waals surface area contributed by atoms with Crippen molar-refractivity contribution in [3.05, 3.63) is 12.3 Å². The predicted molar refractivity (Wildman–Crippen MR) is 77.4 cm³/mol. The fourth-order valence-electron chi connectivity index (χ4n) is 2.46. The molecule has 0 radical (unpaired) electrons. The van der Waals surface area contributed by atoms with Gasteiger partial charge in [-0.25, -0.2) is 4.79 Å². The number of ether oxygens (including phenoxy) is 2. The number of aliphatic hydroxyl groups excluding tert-OH is 2. The number of urea groups is 1. The second-order valence-corrected chi connectivity index (χ2v) is 5.84. The maximum Gasteiger partial charge on any atom is 0.325 e. The minimum atomic E-state index is -3.29. The van der Waals surface area contributed by atoms with Crippen molar-refractivity contribution in [2.75, 3.05) is 13.2 Å². The molecule has 10 nitrogen and oxygen atoms in total. The Morgan fingerprint density at radius 2 is 2.22 bits per heavy atom. The van der Waals surface area contributed by atoms with Crippen LogP contribution >= 0.6 is 8.25 Å². The second-order valence-electron chi connectivity index (χ2n) is 5.07. The van der Waals surface area contributed by atoms with Gasteiger partial charge in [0.25, 0.3) is 0 Å². The van der Waals surface area contributed by atoms with Crippen molar-refractivity contribution in [2.24, 2.45) is 0 Å². The third kappa shape index (κ3) is 4.30. The number of aliphatic hydroxyl groups is 2. The normalized spacial score (nSPS) is 35.4. The third-order valence-electron chi connectivity index (χ3n) is 3.43.